The van der Waals surface area contributed by atoms with Crippen molar-refractivity contribution in [1.29, 1.82) is 0 Å². The average molecular weight is 1900 g/mol. The summed E-state index contributed by atoms with van der Waals surface area (Å²) in [6, 6.07) is 106. The van der Waals surface area contributed by atoms with E-state index in [-0.39, 0.29) is 56.9 Å². The van der Waals surface area contributed by atoms with Crippen molar-refractivity contribution in [2.75, 3.05) is 7.15 Å². The quantitative estimate of drug-likeness (QED) is 0.0616. The van der Waals surface area contributed by atoms with Crippen LogP contribution in [0.25, 0.3) is 177 Å². The molecular formula is C104H77B2BrClFKN5O9S5. The van der Waals surface area contributed by atoms with Gasteiger partial charge in [0.15, 0.2) is 0 Å². The molecule has 24 rings (SSSR count). The van der Waals surface area contributed by atoms with Gasteiger partial charge in [-0.25, -0.2) is 4.98 Å². The topological polar surface area (TPSA) is 244 Å². The Morgan fingerprint density at radius 3 is 1.22 bits per heavy atom. The third-order valence-electron chi connectivity index (χ3n) is 22.8. The number of hydrogen-bond donors (Lipinski definition) is 5. The molecule has 0 saturated carbocycles. The summed E-state index contributed by atoms with van der Waals surface area (Å²) >= 11 is 18.5. The number of rotatable bonds is 5. The molecule has 2 amide bonds. The zero-order valence-electron chi connectivity index (χ0n) is 71.4. The molecule has 0 aliphatic carbocycles. The number of aliphatic carboxylic acids is 1. The Hall–Kier alpha value is -11.1. The molecule has 7 N–H and O–H groups in total. The van der Waals surface area contributed by atoms with E-state index in [9.17, 15) is 28.8 Å². The van der Waals surface area contributed by atoms with Gasteiger partial charge in [-0.05, 0) is 192 Å². The molecule has 1 saturated heterocycles. The monoisotopic (exact) mass is 1890 g/mol. The summed E-state index contributed by atoms with van der Waals surface area (Å²) in [6.07, 6.45) is 0. The molecule has 23 aromatic rings. The molecule has 25 heteroatoms. The summed E-state index contributed by atoms with van der Waals surface area (Å²) < 4.78 is 41.4. The molecule has 0 bridgehead atoms. The molecule has 8 aromatic heterocycles. The van der Waals surface area contributed by atoms with E-state index in [0.29, 0.717) is 21.7 Å². The first kappa shape index (κ1) is 89.9. The van der Waals surface area contributed by atoms with E-state index >= 15 is 0 Å². The standard InChI is InChI=1S/C25H22BNO2S.C19H10ClNS.C19H11NOS.C19H13NOS.C12H9BO2S.C7H6BrNO.C2H4O2.CH3F.K/c1-24(2)25(3,4)29-26(28-24)23-16-10-6-5-9-15(16)21-18(27-23)13-14-20-22(21)17-11-7-8-12-19(17)30-20;20-19-12-6-2-1-5-11(12)17-14(21-19)9-10-16-18(17)13-7-3-4-8-15(13)22-16;21-19-12-6-2-1-5-11(12)17-14(20-19)9-10-16-18(17)13-7-3-4-8-15(13)22-16;20-19(21)14-7-2-1-6-12(14)13-9-5-11-17-18(13)15-8-3-4-10-16(15)22-17;14-13(15)9-5-3-7-11-12(9)8-4-1-2-6-10(8)16-11;8-6-4-2-1-3-5(6)7(9)10;1-2(3)4;1-2;/h5-14H,1-4H3;1-10H;1-10H,(H,20,21);1-11H,(H2,20,21);1-7,14-15H;1-4H,(H2,9,10);1H3,(H,3,4);1H3;/q;;;;;;;;+1/p-1/i;;;;;;;1D;. The Labute approximate surface area is 817 Å². The second-order valence-electron chi connectivity index (χ2n) is 31.1. The van der Waals surface area contributed by atoms with Gasteiger partial charge in [-0.3, -0.25) is 23.8 Å². The predicted octanol–water partition coefficient (Wildman–Crippen LogP) is 22.0. The summed E-state index contributed by atoms with van der Waals surface area (Å²) in [6.45, 7) is 9.29. The van der Waals surface area contributed by atoms with Crippen LogP contribution in [0.5, 0.6) is 0 Å². The number of nitrogens with one attached hydrogen (secondary N) is 1. The third-order valence-corrected chi connectivity index (χ3v) is 29.5. The van der Waals surface area contributed by atoms with Gasteiger partial charge in [0.25, 0.3) is 5.56 Å². The van der Waals surface area contributed by atoms with Gasteiger partial charge in [-0.1, -0.05) is 224 Å². The molecule has 15 aromatic carbocycles. The van der Waals surface area contributed by atoms with Crippen LogP contribution in [0.3, 0.4) is 0 Å². The van der Waals surface area contributed by atoms with Crippen molar-refractivity contribution in [3.05, 3.63) is 347 Å². The number of halogens is 3. The largest absolute Gasteiger partial charge is 1.00 e. The van der Waals surface area contributed by atoms with Crippen LogP contribution in [0, 0.1) is 0 Å². The Bertz CT molecular complexity index is 8380. The van der Waals surface area contributed by atoms with E-state index in [4.69, 9.17) is 48.6 Å². The number of carboxylic acids is 1. The fraction of sp³-hybridized carbons (Fsp3) is 0.0769. The molecule has 1 aliphatic rings. The van der Waals surface area contributed by atoms with Gasteiger partial charge in [-0.2, -0.15) is 0 Å². The van der Waals surface area contributed by atoms with Crippen LogP contribution in [0.2, 0.25) is 5.15 Å². The van der Waals surface area contributed by atoms with Gasteiger partial charge in [-0.15, -0.1) is 56.7 Å². The summed E-state index contributed by atoms with van der Waals surface area (Å²) in [4.78, 5) is 56.3. The van der Waals surface area contributed by atoms with Crippen LogP contribution in [0.1, 0.15) is 56.7 Å². The van der Waals surface area contributed by atoms with Gasteiger partial charge in [0.05, 0.1) is 41.9 Å². The van der Waals surface area contributed by atoms with Gasteiger partial charge >= 0.3 is 65.6 Å². The fourth-order valence-electron chi connectivity index (χ4n) is 16.5. The number of hydrogen-bond acceptors (Lipinski definition) is 16. The zero-order valence-corrected chi connectivity index (χ0v) is 79.9. The van der Waals surface area contributed by atoms with Crippen molar-refractivity contribution in [2.45, 2.75) is 45.8 Å². The molecule has 14 nitrogen and oxygen atoms in total. The van der Waals surface area contributed by atoms with E-state index in [1.165, 1.54) is 107 Å². The Morgan fingerprint density at radius 2 is 0.760 bits per heavy atom. The van der Waals surface area contributed by atoms with Gasteiger partial charge in [0.1, 0.15) is 5.15 Å². The zero-order chi connectivity index (χ0) is 90.1. The van der Waals surface area contributed by atoms with Crippen LogP contribution >= 0.6 is 84.2 Å². The predicted molar refractivity (Wildman–Crippen MR) is 543 cm³/mol. The van der Waals surface area contributed by atoms with E-state index in [1.807, 2.05) is 138 Å². The number of carbonyl (C=O) groups excluding carboxylic acids is 3. The maximum Gasteiger partial charge on any atom is 1.00 e. The smallest absolute Gasteiger partial charge is 0.550 e. The summed E-state index contributed by atoms with van der Waals surface area (Å²) in [5, 5.41) is 50.1. The van der Waals surface area contributed by atoms with Crippen LogP contribution in [-0.2, 0) is 14.1 Å². The summed E-state index contributed by atoms with van der Waals surface area (Å²) in [5.74, 6) is -1.89. The first-order chi connectivity index (χ1) is 62.4. The number of pyridine rings is 3. The number of thiophene rings is 5. The van der Waals surface area contributed by atoms with E-state index in [1.54, 1.807) is 64.3 Å². The minimum atomic E-state index is -1.42. The van der Waals surface area contributed by atoms with Crippen molar-refractivity contribution >= 4 is 293 Å². The molecule has 1 aliphatic heterocycles. The van der Waals surface area contributed by atoms with E-state index in [0.717, 1.165) is 87.1 Å². The number of primary amides is 2. The third kappa shape index (κ3) is 18.0. The van der Waals surface area contributed by atoms with Crippen LogP contribution < -0.4 is 84.6 Å². The second kappa shape index (κ2) is 38.9. The number of benzene rings is 15. The number of aromatic nitrogens is 3. The second-order valence-corrected chi connectivity index (χ2v) is 37.7. The molecule has 0 radical (unpaired) electrons. The van der Waals surface area contributed by atoms with Crippen LogP contribution in [0.15, 0.2) is 325 Å². The van der Waals surface area contributed by atoms with Gasteiger partial charge < -0.3 is 45.7 Å². The Morgan fingerprint density at radius 1 is 0.426 bits per heavy atom. The number of aromatic amines is 1. The normalized spacial score (nSPS) is 12.6. The molecule has 0 atom stereocenters. The number of H-pyrrole nitrogens is 1. The average Bonchev–Trinajstić information content (AvgIpc) is 1.54. The molecule has 0 unspecified atom stereocenters. The fourth-order valence-corrected chi connectivity index (χ4v) is 22.9. The molecular weight excluding hydrogens is 1820 g/mol. The summed E-state index contributed by atoms with van der Waals surface area (Å²) in [7, 11) is -2.90. The Balaban J connectivity index is 0.000000115. The number of carboxylic acid groups (broad SMARTS) is 1. The van der Waals surface area contributed by atoms with Crippen molar-refractivity contribution in [3.63, 3.8) is 0 Å². The SMILES string of the molecule is CC(=O)[O-].CC1(C)OB(c2nc3ccc4sc5ccccc5c4c3c3ccccc23)OC1(C)C.Clc1nc2ccc3sc4ccccc4c3c2c2ccccc12.NC(=O)c1ccccc1-c1cccc2sc3ccccc3c12.NC(=O)c1ccccc1Br.O=c1[nH]c2ccc3sc4ccccc4c3c2c2ccccc12.OB(O)c1cccc2sc3ccccc3c12.[2H]CF.[K+]. The van der Waals surface area contributed by atoms with Crippen molar-refractivity contribution < 1.29 is 96.0 Å². The molecule has 630 valence electrons. The van der Waals surface area contributed by atoms with Crippen molar-refractivity contribution in [1.82, 2.24) is 15.0 Å². The maximum absolute atomic E-state index is 12.3. The van der Waals surface area contributed by atoms with Crippen molar-refractivity contribution in [3.8, 4) is 11.1 Å². The van der Waals surface area contributed by atoms with Gasteiger partial charge in [0.2, 0.25) is 11.8 Å². The van der Waals surface area contributed by atoms with Crippen LogP contribution in [0.4, 0.5) is 4.39 Å². The number of fused-ring (bicyclic) bond motifs is 27. The molecule has 9 heterocycles. The number of carbonyl (C=O) groups is 3. The van der Waals surface area contributed by atoms with Gasteiger partial charge in [0, 0.05) is 149 Å². The number of nitrogens with two attached hydrogens (primary N) is 2. The molecule has 129 heavy (non-hydrogen) atoms. The minimum absolute atomic E-state index is 0. The number of nitrogens with zero attached hydrogens (tertiary/aromatic N) is 2. The minimum Gasteiger partial charge on any atom is -0.550 e. The first-order valence-electron chi connectivity index (χ1n) is 41.4. The number of alkyl halides is 1. The Kier molecular flexibility index (Phi) is 27.1. The van der Waals surface area contributed by atoms with Crippen LogP contribution in [-0.4, -0.2) is 75.4 Å². The molecule has 1 fully saturated rings. The van der Waals surface area contributed by atoms with Crippen molar-refractivity contribution in [2.24, 2.45) is 11.5 Å². The number of amides is 2. The first-order valence-corrected chi connectivity index (χ1v) is 45.9. The van der Waals surface area contributed by atoms with E-state index < -0.39 is 50.4 Å². The van der Waals surface area contributed by atoms with E-state index in [2.05, 4.69) is 223 Å². The maximum atomic E-state index is 12.3. The summed E-state index contributed by atoms with van der Waals surface area (Å²) in [5.41, 5.74) is 17.1. The molecule has 0 spiro atoms.